The number of rotatable bonds is 7. The van der Waals surface area contributed by atoms with E-state index in [0.717, 1.165) is 10.4 Å². The molecule has 1 rings (SSSR count). The van der Waals surface area contributed by atoms with Gasteiger partial charge in [0.1, 0.15) is 4.21 Å². The molecule has 116 valence electrons. The summed E-state index contributed by atoms with van der Waals surface area (Å²) in [5.74, 6) is 0.608. The maximum absolute atomic E-state index is 12.8. The maximum Gasteiger partial charge on any atom is 0.252 e. The van der Waals surface area contributed by atoms with E-state index < -0.39 is 10.0 Å². The summed E-state index contributed by atoms with van der Waals surface area (Å²) in [6.07, 6.45) is 0. The van der Waals surface area contributed by atoms with Crippen molar-refractivity contribution < 1.29 is 8.42 Å². The second kappa shape index (κ2) is 7.02. The lowest BCUT2D eigenvalue weighted by Crippen LogP contribution is -2.36. The topological polar surface area (TPSA) is 63.4 Å². The standard InChI is InChI=1S/C14H26N2O2S2/c1-10(2)8-16(9-11(3)4)20(17,18)14-6-12(5)13(7-15)19-14/h6,10-11H,7-9,15H2,1-5H3. The molecule has 4 nitrogen and oxygen atoms in total. The molecule has 0 aliphatic heterocycles. The Kier molecular flexibility index (Phi) is 6.19. The van der Waals surface area contributed by atoms with Crippen LogP contribution in [0.4, 0.5) is 0 Å². The molecule has 0 unspecified atom stereocenters. The highest BCUT2D eigenvalue weighted by atomic mass is 32.2. The van der Waals surface area contributed by atoms with E-state index in [9.17, 15) is 8.42 Å². The predicted molar refractivity (Wildman–Crippen MR) is 85.4 cm³/mol. The van der Waals surface area contributed by atoms with Crippen molar-refractivity contribution in [3.8, 4) is 0 Å². The summed E-state index contributed by atoms with van der Waals surface area (Å²) in [6.45, 7) is 11.5. The fourth-order valence-corrected chi connectivity index (χ4v) is 5.42. The van der Waals surface area contributed by atoms with Gasteiger partial charge in [-0.05, 0) is 30.4 Å². The Morgan fingerprint density at radius 1 is 1.20 bits per heavy atom. The fraction of sp³-hybridized carbons (Fsp3) is 0.714. The highest BCUT2D eigenvalue weighted by molar-refractivity contribution is 7.91. The third-order valence-corrected chi connectivity index (χ3v) is 6.46. The first-order chi connectivity index (χ1) is 9.18. The molecule has 0 bridgehead atoms. The predicted octanol–water partition coefficient (Wildman–Crippen LogP) is 2.82. The molecule has 6 heteroatoms. The lowest BCUT2D eigenvalue weighted by molar-refractivity contribution is 0.334. The highest BCUT2D eigenvalue weighted by Gasteiger charge is 2.28. The zero-order valence-corrected chi connectivity index (χ0v) is 14.6. The van der Waals surface area contributed by atoms with Gasteiger partial charge in [0.15, 0.2) is 0 Å². The molecule has 0 radical (unpaired) electrons. The highest BCUT2D eigenvalue weighted by Crippen LogP contribution is 2.29. The van der Waals surface area contributed by atoms with E-state index in [0.29, 0.717) is 35.7 Å². The third kappa shape index (κ3) is 4.28. The summed E-state index contributed by atoms with van der Waals surface area (Å²) in [5.41, 5.74) is 6.61. The number of nitrogens with two attached hydrogens (primary N) is 1. The summed E-state index contributed by atoms with van der Waals surface area (Å²) in [5, 5.41) is 0. The van der Waals surface area contributed by atoms with Crippen molar-refractivity contribution in [1.29, 1.82) is 0 Å². The summed E-state index contributed by atoms with van der Waals surface area (Å²) >= 11 is 1.29. The van der Waals surface area contributed by atoms with Crippen molar-refractivity contribution in [3.63, 3.8) is 0 Å². The fourth-order valence-electron chi connectivity index (χ4n) is 2.03. The van der Waals surface area contributed by atoms with Crippen molar-refractivity contribution in [2.75, 3.05) is 13.1 Å². The number of aryl methyl sites for hydroxylation is 1. The Balaban J connectivity index is 3.13. The molecular formula is C14H26N2O2S2. The molecular weight excluding hydrogens is 292 g/mol. The maximum atomic E-state index is 12.8. The Morgan fingerprint density at radius 3 is 2.05 bits per heavy atom. The minimum absolute atomic E-state index is 0.304. The normalized spacial score (nSPS) is 12.8. The quantitative estimate of drug-likeness (QED) is 0.841. The van der Waals surface area contributed by atoms with Crippen LogP contribution in [-0.2, 0) is 16.6 Å². The van der Waals surface area contributed by atoms with Crippen LogP contribution in [0.1, 0.15) is 38.1 Å². The van der Waals surface area contributed by atoms with E-state index in [1.54, 1.807) is 10.4 Å². The zero-order valence-electron chi connectivity index (χ0n) is 13.0. The second-order valence-corrected chi connectivity index (χ2v) is 9.29. The van der Waals surface area contributed by atoms with Crippen LogP contribution in [0.2, 0.25) is 0 Å². The van der Waals surface area contributed by atoms with Crippen molar-refractivity contribution in [2.24, 2.45) is 17.6 Å². The van der Waals surface area contributed by atoms with E-state index >= 15 is 0 Å². The van der Waals surface area contributed by atoms with E-state index in [1.165, 1.54) is 11.3 Å². The number of sulfonamides is 1. The molecule has 0 aliphatic rings. The molecule has 1 aromatic heterocycles. The van der Waals surface area contributed by atoms with Crippen LogP contribution in [0.15, 0.2) is 10.3 Å². The van der Waals surface area contributed by atoms with Crippen LogP contribution in [0.3, 0.4) is 0 Å². The molecule has 0 amide bonds. The smallest absolute Gasteiger partial charge is 0.252 e. The Bertz CT molecular complexity index is 523. The van der Waals surface area contributed by atoms with Gasteiger partial charge in [-0.2, -0.15) is 4.31 Å². The molecule has 1 aromatic rings. The van der Waals surface area contributed by atoms with Gasteiger partial charge in [-0.1, -0.05) is 27.7 Å². The second-order valence-electron chi connectivity index (χ2n) is 5.99. The number of hydrogen-bond donors (Lipinski definition) is 1. The molecule has 0 saturated heterocycles. The van der Waals surface area contributed by atoms with Gasteiger partial charge in [0.2, 0.25) is 0 Å². The van der Waals surface area contributed by atoms with Gasteiger partial charge in [-0.3, -0.25) is 0 Å². The molecule has 0 atom stereocenters. The van der Waals surface area contributed by atoms with E-state index in [-0.39, 0.29) is 0 Å². The van der Waals surface area contributed by atoms with Gasteiger partial charge < -0.3 is 5.73 Å². The van der Waals surface area contributed by atoms with Gasteiger partial charge in [-0.25, -0.2) is 8.42 Å². The van der Waals surface area contributed by atoms with Crippen molar-refractivity contribution in [3.05, 3.63) is 16.5 Å². The van der Waals surface area contributed by atoms with Crippen LogP contribution in [0.25, 0.3) is 0 Å². The van der Waals surface area contributed by atoms with E-state index in [1.807, 2.05) is 34.6 Å². The van der Waals surface area contributed by atoms with Crippen molar-refractivity contribution >= 4 is 21.4 Å². The summed E-state index contributed by atoms with van der Waals surface area (Å²) in [6, 6.07) is 1.75. The van der Waals surface area contributed by atoms with Gasteiger partial charge in [0.25, 0.3) is 10.0 Å². The van der Waals surface area contributed by atoms with E-state index in [2.05, 4.69) is 0 Å². The van der Waals surface area contributed by atoms with Gasteiger partial charge >= 0.3 is 0 Å². The Morgan fingerprint density at radius 2 is 1.70 bits per heavy atom. The van der Waals surface area contributed by atoms with Crippen LogP contribution < -0.4 is 5.73 Å². The average Bonchev–Trinajstić information content (AvgIpc) is 2.69. The van der Waals surface area contributed by atoms with E-state index in [4.69, 9.17) is 5.73 Å². The minimum Gasteiger partial charge on any atom is -0.326 e. The lowest BCUT2D eigenvalue weighted by Gasteiger charge is -2.24. The van der Waals surface area contributed by atoms with Gasteiger partial charge in [0.05, 0.1) is 0 Å². The Hall–Kier alpha value is -0.430. The number of thiophene rings is 1. The van der Waals surface area contributed by atoms with Crippen LogP contribution >= 0.6 is 11.3 Å². The SMILES string of the molecule is Cc1cc(S(=O)(=O)N(CC(C)C)CC(C)C)sc1CN. The molecule has 0 aromatic carbocycles. The number of nitrogens with zero attached hydrogens (tertiary/aromatic N) is 1. The first kappa shape index (κ1) is 17.6. The monoisotopic (exact) mass is 318 g/mol. The molecule has 0 saturated carbocycles. The zero-order chi connectivity index (χ0) is 15.5. The van der Waals surface area contributed by atoms with Crippen LogP contribution in [-0.4, -0.2) is 25.8 Å². The lowest BCUT2D eigenvalue weighted by atomic mass is 10.2. The van der Waals surface area contributed by atoms with Crippen LogP contribution in [0.5, 0.6) is 0 Å². The first-order valence-electron chi connectivity index (χ1n) is 6.98. The molecule has 2 N–H and O–H groups in total. The number of hydrogen-bond acceptors (Lipinski definition) is 4. The largest absolute Gasteiger partial charge is 0.326 e. The molecule has 0 spiro atoms. The Labute approximate surface area is 127 Å². The summed E-state index contributed by atoms with van der Waals surface area (Å²) in [7, 11) is -3.41. The third-order valence-electron chi connectivity index (χ3n) is 2.92. The van der Waals surface area contributed by atoms with Gasteiger partial charge in [-0.15, -0.1) is 11.3 Å². The average molecular weight is 319 g/mol. The van der Waals surface area contributed by atoms with Crippen molar-refractivity contribution in [1.82, 2.24) is 4.31 Å². The summed E-state index contributed by atoms with van der Waals surface area (Å²) < 4.78 is 27.6. The van der Waals surface area contributed by atoms with Crippen molar-refractivity contribution in [2.45, 2.75) is 45.4 Å². The molecule has 0 aliphatic carbocycles. The molecule has 0 fully saturated rings. The minimum atomic E-state index is -3.41. The molecule has 1 heterocycles. The van der Waals surface area contributed by atoms with Crippen LogP contribution in [0, 0.1) is 18.8 Å². The van der Waals surface area contributed by atoms with Gasteiger partial charge in [0, 0.05) is 24.5 Å². The summed E-state index contributed by atoms with van der Waals surface area (Å²) in [4.78, 5) is 0.942. The molecule has 20 heavy (non-hydrogen) atoms. The first-order valence-corrected chi connectivity index (χ1v) is 9.23.